The molecular weight excluding hydrogens is 224 g/mol. The van der Waals surface area contributed by atoms with Gasteiger partial charge in [0, 0.05) is 12.1 Å². The Balaban J connectivity index is 3.71. The monoisotopic (exact) mass is 244 g/mol. The van der Waals surface area contributed by atoms with E-state index in [9.17, 15) is 9.59 Å². The summed E-state index contributed by atoms with van der Waals surface area (Å²) in [6.07, 6.45) is 0.560. The lowest BCUT2D eigenvalue weighted by Crippen LogP contribution is -2.30. The number of likely N-dealkylation sites (N-methyl/N-ethyl adjacent to an activating group) is 1. The Hall–Kier alpha value is -1.40. The zero-order chi connectivity index (χ0) is 13.3. The molecule has 6 heteroatoms. The first-order chi connectivity index (χ1) is 7.97. The normalized spacial score (nSPS) is 10.1. The molecule has 0 fully saturated rings. The Bertz CT molecular complexity index is 266. The number of ether oxygens (including phenoxy) is 1. The van der Waals surface area contributed by atoms with Crippen LogP contribution in [0.4, 0.5) is 0 Å². The molecule has 0 aliphatic rings. The quantitative estimate of drug-likeness (QED) is 0.248. The molecule has 6 nitrogen and oxygen atoms in total. The van der Waals surface area contributed by atoms with Crippen molar-refractivity contribution < 1.29 is 19.2 Å². The summed E-state index contributed by atoms with van der Waals surface area (Å²) in [6, 6.07) is 0. The zero-order valence-corrected chi connectivity index (χ0v) is 10.6. The van der Waals surface area contributed by atoms with Crippen molar-refractivity contribution in [3.05, 3.63) is 12.2 Å². The van der Waals surface area contributed by atoms with Gasteiger partial charge in [-0.3, -0.25) is 9.63 Å². The molecule has 0 atom stereocenters. The summed E-state index contributed by atoms with van der Waals surface area (Å²) in [5, 5.41) is 1.11. The van der Waals surface area contributed by atoms with Crippen LogP contribution in [0.1, 0.15) is 6.92 Å². The maximum atomic E-state index is 11.0. The first-order valence-corrected chi connectivity index (χ1v) is 5.29. The van der Waals surface area contributed by atoms with Crippen molar-refractivity contribution in [1.82, 2.24) is 9.96 Å². The van der Waals surface area contributed by atoms with E-state index in [1.807, 2.05) is 19.0 Å². The summed E-state index contributed by atoms with van der Waals surface area (Å²) in [7, 11) is 3.81. The lowest BCUT2D eigenvalue weighted by molar-refractivity contribution is -0.178. The second-order valence-electron chi connectivity index (χ2n) is 3.80. The molecule has 0 aliphatic carbocycles. The van der Waals surface area contributed by atoms with Gasteiger partial charge in [-0.05, 0) is 21.0 Å². The van der Waals surface area contributed by atoms with Gasteiger partial charge >= 0.3 is 5.97 Å². The van der Waals surface area contributed by atoms with Crippen LogP contribution in [0, 0.1) is 0 Å². The number of esters is 1. The van der Waals surface area contributed by atoms with Crippen LogP contribution < -0.4 is 0 Å². The maximum absolute atomic E-state index is 11.0. The third-order valence-electron chi connectivity index (χ3n) is 1.81. The molecule has 0 spiro atoms. The molecular formula is C11H20N2O4. The SMILES string of the molecule is C=C(C)C(=O)OCCN(C=O)OCCN(C)C. The topological polar surface area (TPSA) is 59.1 Å². The van der Waals surface area contributed by atoms with E-state index in [0.717, 1.165) is 5.06 Å². The predicted molar refractivity (Wildman–Crippen MR) is 63.0 cm³/mol. The predicted octanol–water partition coefficient (Wildman–Crippen LogP) is 0.0573. The Labute approximate surface area is 102 Å². The van der Waals surface area contributed by atoms with E-state index in [-0.39, 0.29) is 13.2 Å². The van der Waals surface area contributed by atoms with Gasteiger partial charge in [0.25, 0.3) is 0 Å². The molecule has 0 aromatic rings. The molecule has 0 bridgehead atoms. The highest BCUT2D eigenvalue weighted by atomic mass is 16.7. The van der Waals surface area contributed by atoms with E-state index < -0.39 is 5.97 Å². The van der Waals surface area contributed by atoms with Crippen LogP contribution in [0.15, 0.2) is 12.2 Å². The van der Waals surface area contributed by atoms with Crippen molar-refractivity contribution in [3.63, 3.8) is 0 Å². The van der Waals surface area contributed by atoms with Crippen molar-refractivity contribution in [2.24, 2.45) is 0 Å². The van der Waals surface area contributed by atoms with E-state index in [2.05, 4.69) is 6.58 Å². The number of amides is 1. The van der Waals surface area contributed by atoms with Crippen LogP contribution in [-0.2, 0) is 19.2 Å². The molecule has 17 heavy (non-hydrogen) atoms. The minimum Gasteiger partial charge on any atom is -0.460 e. The Morgan fingerprint density at radius 2 is 1.94 bits per heavy atom. The summed E-state index contributed by atoms with van der Waals surface area (Å²) in [5.74, 6) is -0.468. The van der Waals surface area contributed by atoms with Gasteiger partial charge in [-0.15, -0.1) is 0 Å². The van der Waals surface area contributed by atoms with Gasteiger partial charge in [0.05, 0.1) is 13.2 Å². The minimum atomic E-state index is -0.468. The second-order valence-corrected chi connectivity index (χ2v) is 3.80. The largest absolute Gasteiger partial charge is 0.460 e. The van der Waals surface area contributed by atoms with E-state index in [4.69, 9.17) is 9.57 Å². The molecule has 0 saturated heterocycles. The fourth-order valence-electron chi connectivity index (χ4n) is 0.840. The fourth-order valence-corrected chi connectivity index (χ4v) is 0.840. The van der Waals surface area contributed by atoms with Crippen molar-refractivity contribution in [3.8, 4) is 0 Å². The molecule has 0 radical (unpaired) electrons. The lowest BCUT2D eigenvalue weighted by atomic mass is 10.4. The standard InChI is InChI=1S/C11H20N2O4/c1-10(2)11(15)16-7-6-13(9-14)17-8-5-12(3)4/h9H,1,5-8H2,2-4H3. The van der Waals surface area contributed by atoms with Gasteiger partial charge in [-0.25, -0.2) is 9.86 Å². The third kappa shape index (κ3) is 8.41. The summed E-state index contributed by atoms with van der Waals surface area (Å²) in [5.41, 5.74) is 0.330. The molecule has 98 valence electrons. The number of hydrogen-bond acceptors (Lipinski definition) is 5. The molecule has 0 aromatic heterocycles. The first-order valence-electron chi connectivity index (χ1n) is 5.29. The smallest absolute Gasteiger partial charge is 0.333 e. The average Bonchev–Trinajstić information content (AvgIpc) is 2.26. The van der Waals surface area contributed by atoms with Crippen molar-refractivity contribution in [2.75, 3.05) is 40.4 Å². The van der Waals surface area contributed by atoms with E-state index in [0.29, 0.717) is 25.1 Å². The van der Waals surface area contributed by atoms with Crippen LogP contribution in [0.2, 0.25) is 0 Å². The number of hydrogen-bond donors (Lipinski definition) is 0. The van der Waals surface area contributed by atoms with Crippen molar-refractivity contribution in [1.29, 1.82) is 0 Å². The molecule has 0 heterocycles. The average molecular weight is 244 g/mol. The number of hydroxylamine groups is 2. The van der Waals surface area contributed by atoms with Crippen LogP contribution in [0.5, 0.6) is 0 Å². The molecule has 0 unspecified atom stereocenters. The molecule has 0 N–H and O–H groups in total. The highest BCUT2D eigenvalue weighted by molar-refractivity contribution is 5.86. The van der Waals surface area contributed by atoms with E-state index >= 15 is 0 Å². The minimum absolute atomic E-state index is 0.0897. The van der Waals surface area contributed by atoms with Crippen LogP contribution in [0.25, 0.3) is 0 Å². The van der Waals surface area contributed by atoms with Gasteiger partial charge in [0.15, 0.2) is 0 Å². The summed E-state index contributed by atoms with van der Waals surface area (Å²) >= 11 is 0. The molecule has 0 saturated carbocycles. The Kier molecular flexibility index (Phi) is 8.00. The van der Waals surface area contributed by atoms with Crippen LogP contribution >= 0.6 is 0 Å². The molecule has 0 rings (SSSR count). The number of nitrogens with zero attached hydrogens (tertiary/aromatic N) is 2. The Morgan fingerprint density at radius 1 is 1.29 bits per heavy atom. The van der Waals surface area contributed by atoms with Gasteiger partial charge in [-0.2, -0.15) is 0 Å². The number of rotatable bonds is 9. The summed E-state index contributed by atoms with van der Waals surface area (Å²) in [6.45, 7) is 6.41. The van der Waals surface area contributed by atoms with Gasteiger partial charge < -0.3 is 9.64 Å². The molecule has 1 amide bonds. The highest BCUT2D eigenvalue weighted by Gasteiger charge is 2.06. The van der Waals surface area contributed by atoms with Crippen molar-refractivity contribution >= 4 is 12.4 Å². The highest BCUT2D eigenvalue weighted by Crippen LogP contribution is 1.93. The maximum Gasteiger partial charge on any atom is 0.333 e. The third-order valence-corrected chi connectivity index (χ3v) is 1.81. The van der Waals surface area contributed by atoms with Gasteiger partial charge in [0.2, 0.25) is 6.41 Å². The van der Waals surface area contributed by atoms with Gasteiger partial charge in [-0.1, -0.05) is 6.58 Å². The van der Waals surface area contributed by atoms with Crippen LogP contribution in [-0.4, -0.2) is 62.7 Å². The van der Waals surface area contributed by atoms with E-state index in [1.54, 1.807) is 6.92 Å². The molecule has 0 aromatic carbocycles. The fraction of sp³-hybridized carbons (Fsp3) is 0.636. The van der Waals surface area contributed by atoms with E-state index in [1.165, 1.54) is 0 Å². The van der Waals surface area contributed by atoms with Gasteiger partial charge in [0.1, 0.15) is 6.61 Å². The molecule has 0 aliphatic heterocycles. The lowest BCUT2D eigenvalue weighted by Gasteiger charge is -2.18. The zero-order valence-electron chi connectivity index (χ0n) is 10.6. The summed E-state index contributed by atoms with van der Waals surface area (Å²) < 4.78 is 4.83. The Morgan fingerprint density at radius 3 is 2.41 bits per heavy atom. The summed E-state index contributed by atoms with van der Waals surface area (Å²) in [4.78, 5) is 28.7. The second kappa shape index (κ2) is 8.72. The van der Waals surface area contributed by atoms with Crippen molar-refractivity contribution in [2.45, 2.75) is 6.92 Å². The number of carbonyl (C=O) groups is 2. The van der Waals surface area contributed by atoms with Crippen LogP contribution in [0.3, 0.4) is 0 Å². The number of carbonyl (C=O) groups excluding carboxylic acids is 2. The first kappa shape index (κ1) is 15.6.